The number of allylic oxidation sites excluding steroid dienone is 2. The van der Waals surface area contributed by atoms with Gasteiger partial charge in [-0.15, -0.1) is 11.3 Å². The van der Waals surface area contributed by atoms with Crippen molar-refractivity contribution >= 4 is 33.5 Å². The molecule has 3 nitrogen and oxygen atoms in total. The first-order valence-corrected chi connectivity index (χ1v) is 9.04. The molecular weight excluding hydrogens is 358 g/mol. The third-order valence-corrected chi connectivity index (χ3v) is 5.16. The van der Waals surface area contributed by atoms with Gasteiger partial charge in [-0.3, -0.25) is 4.99 Å². The van der Waals surface area contributed by atoms with E-state index in [0.29, 0.717) is 5.92 Å². The quantitative estimate of drug-likeness (QED) is 0.549. The summed E-state index contributed by atoms with van der Waals surface area (Å²) in [5.41, 5.74) is 2.23. The summed E-state index contributed by atoms with van der Waals surface area (Å²) in [6.07, 6.45) is 9.99. The van der Waals surface area contributed by atoms with E-state index in [1.807, 2.05) is 11.7 Å². The van der Waals surface area contributed by atoms with E-state index in [2.05, 4.69) is 68.9 Å². The number of benzene rings is 1. The molecule has 0 radical (unpaired) electrons. The Morgan fingerprint density at radius 2 is 2.09 bits per heavy atom. The Morgan fingerprint density at radius 3 is 2.77 bits per heavy atom. The molecule has 0 amide bonds. The summed E-state index contributed by atoms with van der Waals surface area (Å²) in [5, 5.41) is 6.84. The van der Waals surface area contributed by atoms with Gasteiger partial charge in [-0.2, -0.15) is 5.10 Å². The number of nitrogens with zero attached hydrogens (tertiary/aromatic N) is 3. The third-order valence-electron chi connectivity index (χ3n) is 3.72. The molecule has 0 fully saturated rings. The molecular formula is C17H18BrN3S. The highest BCUT2D eigenvalue weighted by Gasteiger charge is 2.09. The molecule has 1 aliphatic carbocycles. The largest absolute Gasteiger partial charge is 0.261 e. The van der Waals surface area contributed by atoms with Gasteiger partial charge in [0.25, 0.3) is 0 Å². The van der Waals surface area contributed by atoms with Crippen LogP contribution in [0.3, 0.4) is 0 Å². The molecule has 3 rings (SSSR count). The summed E-state index contributed by atoms with van der Waals surface area (Å²) < 4.78 is 3.03. The van der Waals surface area contributed by atoms with Crippen LogP contribution in [0.15, 0.2) is 56.4 Å². The lowest BCUT2D eigenvalue weighted by atomic mass is 9.96. The van der Waals surface area contributed by atoms with Crippen LogP contribution >= 0.6 is 27.3 Å². The van der Waals surface area contributed by atoms with Crippen LogP contribution in [0.5, 0.6) is 0 Å². The van der Waals surface area contributed by atoms with Crippen molar-refractivity contribution in [3.8, 4) is 11.3 Å². The van der Waals surface area contributed by atoms with Gasteiger partial charge in [0.15, 0.2) is 0 Å². The monoisotopic (exact) mass is 375 g/mol. The normalized spacial score (nSPS) is 19.2. The summed E-state index contributed by atoms with van der Waals surface area (Å²) in [6, 6.07) is 8.30. The fourth-order valence-corrected chi connectivity index (χ4v) is 3.56. The average Bonchev–Trinajstić information content (AvgIpc) is 2.97. The molecule has 0 aliphatic heterocycles. The number of thiazole rings is 1. The molecule has 1 unspecified atom stereocenters. The fourth-order valence-electron chi connectivity index (χ4n) is 2.49. The predicted molar refractivity (Wildman–Crippen MR) is 97.3 cm³/mol. The highest BCUT2D eigenvalue weighted by Crippen LogP contribution is 2.23. The lowest BCUT2D eigenvalue weighted by molar-refractivity contribution is 0.621. The number of aromatic nitrogens is 1. The van der Waals surface area contributed by atoms with Crippen LogP contribution in [0, 0.1) is 5.92 Å². The molecule has 5 heteroatoms. The summed E-state index contributed by atoms with van der Waals surface area (Å²) in [5.74, 6) is 0.528. The van der Waals surface area contributed by atoms with E-state index in [9.17, 15) is 0 Å². The van der Waals surface area contributed by atoms with Crippen LogP contribution in [0.2, 0.25) is 0 Å². The zero-order chi connectivity index (χ0) is 15.4. The van der Waals surface area contributed by atoms with Crippen molar-refractivity contribution in [1.82, 2.24) is 4.68 Å². The van der Waals surface area contributed by atoms with Gasteiger partial charge in [0, 0.05) is 28.7 Å². The summed E-state index contributed by atoms with van der Waals surface area (Å²) >= 11 is 5.10. The van der Waals surface area contributed by atoms with E-state index < -0.39 is 0 Å². The van der Waals surface area contributed by atoms with Crippen molar-refractivity contribution in [2.45, 2.75) is 19.3 Å². The van der Waals surface area contributed by atoms with Crippen LogP contribution in [0.1, 0.15) is 19.3 Å². The number of halogens is 1. The topological polar surface area (TPSA) is 29.6 Å². The molecule has 1 atom stereocenters. The van der Waals surface area contributed by atoms with E-state index in [-0.39, 0.29) is 0 Å². The van der Waals surface area contributed by atoms with Gasteiger partial charge in [-0.1, -0.05) is 40.2 Å². The van der Waals surface area contributed by atoms with Crippen LogP contribution in [-0.4, -0.2) is 17.9 Å². The van der Waals surface area contributed by atoms with Crippen molar-refractivity contribution in [2.75, 3.05) is 7.05 Å². The molecule has 2 aromatic rings. The maximum atomic E-state index is 4.72. The first-order valence-electron chi connectivity index (χ1n) is 7.36. The lowest BCUT2D eigenvalue weighted by Gasteiger charge is -2.12. The minimum absolute atomic E-state index is 0.528. The Bertz CT molecular complexity index is 753. The molecule has 0 saturated heterocycles. The standard InChI is InChI=1S/C17H18BrN3S/c1-19-17-21(20-11-13-5-3-2-4-6-13)16(12-22-17)14-7-9-15(18)10-8-14/h2-3,7-13H,4-6H2,1H3. The molecule has 1 aromatic carbocycles. The average molecular weight is 376 g/mol. The first-order chi connectivity index (χ1) is 10.8. The SMILES string of the molecule is CN=c1scc(-c2ccc(Br)cc2)n1N=CC1CC=CCC1. The van der Waals surface area contributed by atoms with Gasteiger partial charge >= 0.3 is 0 Å². The van der Waals surface area contributed by atoms with Crippen molar-refractivity contribution in [3.63, 3.8) is 0 Å². The van der Waals surface area contributed by atoms with Gasteiger partial charge < -0.3 is 0 Å². The van der Waals surface area contributed by atoms with Gasteiger partial charge in [0.05, 0.1) is 5.69 Å². The maximum Gasteiger partial charge on any atom is 0.205 e. The van der Waals surface area contributed by atoms with Crippen LogP contribution < -0.4 is 4.80 Å². The van der Waals surface area contributed by atoms with Gasteiger partial charge in [0.2, 0.25) is 4.80 Å². The Morgan fingerprint density at radius 1 is 1.27 bits per heavy atom. The predicted octanol–water partition coefficient (Wildman–Crippen LogP) is 4.70. The first kappa shape index (κ1) is 15.4. The minimum atomic E-state index is 0.528. The Hall–Kier alpha value is -1.46. The zero-order valence-corrected chi connectivity index (χ0v) is 14.8. The van der Waals surface area contributed by atoms with Gasteiger partial charge in [-0.25, -0.2) is 4.68 Å². The Balaban J connectivity index is 1.95. The molecule has 0 saturated carbocycles. The Kier molecular flexibility index (Phi) is 5.05. The van der Waals surface area contributed by atoms with Crippen LogP contribution in [0.4, 0.5) is 0 Å². The van der Waals surface area contributed by atoms with Gasteiger partial charge in [-0.05, 0) is 37.3 Å². The Labute approximate surface area is 142 Å². The van der Waals surface area contributed by atoms with Crippen LogP contribution in [0.25, 0.3) is 11.3 Å². The van der Waals surface area contributed by atoms with Crippen molar-refractivity contribution in [2.24, 2.45) is 16.0 Å². The van der Waals surface area contributed by atoms with Gasteiger partial charge in [0.1, 0.15) is 0 Å². The number of rotatable bonds is 3. The third kappa shape index (κ3) is 3.47. The molecule has 1 aliphatic rings. The smallest absolute Gasteiger partial charge is 0.205 e. The van der Waals surface area contributed by atoms with E-state index in [1.165, 1.54) is 6.42 Å². The van der Waals surface area contributed by atoms with E-state index in [1.54, 1.807) is 11.3 Å². The number of hydrogen-bond acceptors (Lipinski definition) is 3. The van der Waals surface area contributed by atoms with Crippen LogP contribution in [-0.2, 0) is 0 Å². The molecule has 114 valence electrons. The number of hydrogen-bond donors (Lipinski definition) is 0. The summed E-state index contributed by atoms with van der Waals surface area (Å²) in [7, 11) is 1.81. The summed E-state index contributed by atoms with van der Waals surface area (Å²) in [6.45, 7) is 0. The highest BCUT2D eigenvalue weighted by atomic mass is 79.9. The maximum absolute atomic E-state index is 4.72. The molecule has 0 N–H and O–H groups in total. The van der Waals surface area contributed by atoms with E-state index in [0.717, 1.165) is 33.4 Å². The molecule has 1 heterocycles. The fraction of sp³-hybridized carbons (Fsp3) is 0.294. The van der Waals surface area contributed by atoms with Crippen molar-refractivity contribution < 1.29 is 0 Å². The minimum Gasteiger partial charge on any atom is -0.261 e. The molecule has 0 bridgehead atoms. The molecule has 0 spiro atoms. The van der Waals surface area contributed by atoms with E-state index >= 15 is 0 Å². The molecule has 1 aromatic heterocycles. The zero-order valence-electron chi connectivity index (χ0n) is 12.4. The second-order valence-electron chi connectivity index (χ2n) is 5.25. The second-order valence-corrected chi connectivity index (χ2v) is 7.01. The molecule has 22 heavy (non-hydrogen) atoms. The highest BCUT2D eigenvalue weighted by molar-refractivity contribution is 9.10. The summed E-state index contributed by atoms with van der Waals surface area (Å²) in [4.78, 5) is 5.26. The van der Waals surface area contributed by atoms with Crippen molar-refractivity contribution in [1.29, 1.82) is 0 Å². The second kappa shape index (κ2) is 7.20. The van der Waals surface area contributed by atoms with E-state index in [4.69, 9.17) is 5.10 Å². The van der Waals surface area contributed by atoms with Crippen molar-refractivity contribution in [3.05, 3.63) is 51.1 Å². The lowest BCUT2D eigenvalue weighted by Crippen LogP contribution is -2.13.